The molecule has 3 nitrogen and oxygen atoms in total. The zero-order chi connectivity index (χ0) is 9.84. The minimum Gasteiger partial charge on any atom is -0.446 e. The van der Waals surface area contributed by atoms with Crippen molar-refractivity contribution in [2.75, 3.05) is 0 Å². The van der Waals surface area contributed by atoms with E-state index in [1.165, 1.54) is 0 Å². The fraction of sp³-hybridized carbons (Fsp3) is 0.500. The minimum atomic E-state index is -0.164. The van der Waals surface area contributed by atoms with Crippen molar-refractivity contribution >= 4 is 6.29 Å². The van der Waals surface area contributed by atoms with E-state index in [1.807, 2.05) is 13.2 Å². The van der Waals surface area contributed by atoms with E-state index in [4.69, 9.17) is 4.42 Å². The lowest BCUT2D eigenvalue weighted by Gasteiger charge is -2.02. The third kappa shape index (κ3) is 2.41. The highest BCUT2D eigenvalue weighted by molar-refractivity contribution is 5.55. The number of nitrogens with zero attached hydrogens (tertiary/aromatic N) is 1. The maximum atomic E-state index is 10.4. The molecule has 0 aliphatic carbocycles. The van der Waals surface area contributed by atoms with Gasteiger partial charge in [0.25, 0.3) is 0 Å². The molecule has 13 heavy (non-hydrogen) atoms. The van der Waals surface area contributed by atoms with Crippen molar-refractivity contribution in [2.45, 2.75) is 26.7 Å². The van der Waals surface area contributed by atoms with Gasteiger partial charge in [-0.2, -0.15) is 0 Å². The van der Waals surface area contributed by atoms with Crippen molar-refractivity contribution in [3.05, 3.63) is 24.3 Å². The molecule has 0 aliphatic rings. The maximum absolute atomic E-state index is 10.4. The first-order valence-corrected chi connectivity index (χ1v) is 4.27. The van der Waals surface area contributed by atoms with Gasteiger partial charge in [0.15, 0.2) is 5.89 Å². The molecule has 0 aromatic carbocycles. The summed E-state index contributed by atoms with van der Waals surface area (Å²) in [6.45, 7) is 7.31. The molecule has 3 heteroatoms. The van der Waals surface area contributed by atoms with Crippen molar-refractivity contribution in [2.24, 2.45) is 5.92 Å². The average Bonchev–Trinajstić information content (AvgIpc) is 2.41. The molecule has 0 aliphatic heterocycles. The Bertz CT molecular complexity index is 291. The average molecular weight is 179 g/mol. The number of rotatable bonds is 4. The molecule has 0 saturated carbocycles. The lowest BCUT2D eigenvalue weighted by molar-refractivity contribution is 0.490. The van der Waals surface area contributed by atoms with Crippen LogP contribution in [0, 0.1) is 26.7 Å². The van der Waals surface area contributed by atoms with E-state index in [2.05, 4.69) is 11.9 Å². The quantitative estimate of drug-likeness (QED) is 0.707. The predicted octanol–water partition coefficient (Wildman–Crippen LogP) is 1.78. The highest BCUT2D eigenvalue weighted by Gasteiger charge is 2.13. The van der Waals surface area contributed by atoms with Crippen LogP contribution in [0.25, 0.3) is 0 Å². The Hall–Kier alpha value is -1.12. The van der Waals surface area contributed by atoms with Crippen molar-refractivity contribution in [3.63, 3.8) is 0 Å². The molecule has 1 aromatic heterocycles. The van der Waals surface area contributed by atoms with Crippen LogP contribution in [0.15, 0.2) is 4.42 Å². The van der Waals surface area contributed by atoms with Gasteiger partial charge in [-0.15, -0.1) is 0 Å². The smallest absolute Gasteiger partial charge is 0.202 e. The summed E-state index contributed by atoms with van der Waals surface area (Å²) in [5.74, 6) is 1.26. The van der Waals surface area contributed by atoms with Gasteiger partial charge < -0.3 is 4.42 Å². The van der Waals surface area contributed by atoms with Crippen molar-refractivity contribution in [3.8, 4) is 0 Å². The summed E-state index contributed by atoms with van der Waals surface area (Å²) < 4.78 is 5.24. The summed E-state index contributed by atoms with van der Waals surface area (Å²) in [5.41, 5.74) is 0.842. The topological polar surface area (TPSA) is 43.1 Å². The Balaban J connectivity index is 2.72. The van der Waals surface area contributed by atoms with Crippen LogP contribution < -0.4 is 0 Å². The molecule has 1 atom stereocenters. The molecular weight excluding hydrogens is 166 g/mol. The molecule has 0 spiro atoms. The van der Waals surface area contributed by atoms with Crippen LogP contribution in [0.5, 0.6) is 0 Å². The molecular formula is C10H13NO2. The SMILES string of the molecule is [CH2]CC([C]=O)Cc1nc(C)oc1C. The summed E-state index contributed by atoms with van der Waals surface area (Å²) in [6, 6.07) is 0. The first kappa shape index (κ1) is 9.96. The van der Waals surface area contributed by atoms with Gasteiger partial charge in [0.2, 0.25) is 6.29 Å². The standard InChI is InChI=1S/C10H13NO2/c1-4-9(6-12)5-10-7(2)13-8(3)11-10/h9H,1,4-5H2,2-3H3. The fourth-order valence-electron chi connectivity index (χ4n) is 1.20. The van der Waals surface area contributed by atoms with Crippen LogP contribution in [-0.4, -0.2) is 11.3 Å². The Morgan fingerprint density at radius 1 is 1.62 bits per heavy atom. The van der Waals surface area contributed by atoms with Crippen LogP contribution in [0.1, 0.15) is 23.8 Å². The number of carbonyl (C=O) groups excluding carboxylic acids is 1. The molecule has 1 aromatic rings. The van der Waals surface area contributed by atoms with Gasteiger partial charge in [-0.05, 0) is 13.3 Å². The molecule has 1 unspecified atom stereocenters. The van der Waals surface area contributed by atoms with Crippen LogP contribution >= 0.6 is 0 Å². The third-order valence-electron chi connectivity index (χ3n) is 1.95. The Labute approximate surface area is 78.2 Å². The van der Waals surface area contributed by atoms with Crippen molar-refractivity contribution in [1.29, 1.82) is 0 Å². The molecule has 0 saturated heterocycles. The first-order chi connectivity index (χ1) is 6.17. The van der Waals surface area contributed by atoms with Crippen LogP contribution in [-0.2, 0) is 11.2 Å². The van der Waals surface area contributed by atoms with E-state index in [0.29, 0.717) is 18.7 Å². The summed E-state index contributed by atoms with van der Waals surface area (Å²) in [5, 5.41) is 0. The highest BCUT2D eigenvalue weighted by Crippen LogP contribution is 2.14. The molecule has 0 bridgehead atoms. The molecule has 0 N–H and O–H groups in total. The van der Waals surface area contributed by atoms with E-state index in [-0.39, 0.29) is 5.92 Å². The summed E-state index contributed by atoms with van der Waals surface area (Å²) >= 11 is 0. The van der Waals surface area contributed by atoms with Crippen LogP contribution in [0.4, 0.5) is 0 Å². The first-order valence-electron chi connectivity index (χ1n) is 4.27. The fourth-order valence-corrected chi connectivity index (χ4v) is 1.20. The lowest BCUT2D eigenvalue weighted by Crippen LogP contribution is -2.05. The Kier molecular flexibility index (Phi) is 3.23. The van der Waals surface area contributed by atoms with Gasteiger partial charge >= 0.3 is 0 Å². The summed E-state index contributed by atoms with van der Waals surface area (Å²) in [6.07, 6.45) is 3.07. The second kappa shape index (κ2) is 4.21. The largest absolute Gasteiger partial charge is 0.446 e. The van der Waals surface area contributed by atoms with Crippen LogP contribution in [0.3, 0.4) is 0 Å². The van der Waals surface area contributed by atoms with Crippen LogP contribution in [0.2, 0.25) is 0 Å². The monoisotopic (exact) mass is 179 g/mol. The van der Waals surface area contributed by atoms with E-state index in [9.17, 15) is 4.79 Å². The molecule has 1 heterocycles. The summed E-state index contributed by atoms with van der Waals surface area (Å²) in [4.78, 5) is 14.6. The molecule has 0 fully saturated rings. The van der Waals surface area contributed by atoms with Gasteiger partial charge in [0.1, 0.15) is 5.76 Å². The predicted molar refractivity (Wildman–Crippen MR) is 48.8 cm³/mol. The Morgan fingerprint density at radius 2 is 2.31 bits per heavy atom. The number of aromatic nitrogens is 1. The third-order valence-corrected chi connectivity index (χ3v) is 1.95. The maximum Gasteiger partial charge on any atom is 0.202 e. The lowest BCUT2D eigenvalue weighted by atomic mass is 10.0. The molecule has 70 valence electrons. The van der Waals surface area contributed by atoms with E-state index in [0.717, 1.165) is 11.5 Å². The van der Waals surface area contributed by atoms with Gasteiger partial charge in [-0.25, -0.2) is 4.98 Å². The minimum absolute atomic E-state index is 0.164. The van der Waals surface area contributed by atoms with Crippen molar-refractivity contribution < 1.29 is 9.21 Å². The number of aryl methyl sites for hydroxylation is 2. The zero-order valence-corrected chi connectivity index (χ0v) is 7.96. The van der Waals surface area contributed by atoms with Gasteiger partial charge in [0.05, 0.1) is 5.69 Å². The van der Waals surface area contributed by atoms with Crippen molar-refractivity contribution in [1.82, 2.24) is 4.98 Å². The molecule has 1 rings (SSSR count). The summed E-state index contributed by atoms with van der Waals surface area (Å²) in [7, 11) is 0. The Morgan fingerprint density at radius 3 is 2.69 bits per heavy atom. The molecule has 0 amide bonds. The zero-order valence-electron chi connectivity index (χ0n) is 7.96. The van der Waals surface area contributed by atoms with Gasteiger partial charge in [-0.1, -0.05) is 6.92 Å². The van der Waals surface area contributed by atoms with E-state index in [1.54, 1.807) is 6.92 Å². The second-order valence-corrected chi connectivity index (χ2v) is 3.04. The number of hydrogen-bond donors (Lipinski definition) is 0. The number of oxazole rings is 1. The second-order valence-electron chi connectivity index (χ2n) is 3.04. The van der Waals surface area contributed by atoms with Gasteiger partial charge in [-0.3, -0.25) is 4.79 Å². The number of hydrogen-bond acceptors (Lipinski definition) is 3. The van der Waals surface area contributed by atoms with E-state index >= 15 is 0 Å². The van der Waals surface area contributed by atoms with Gasteiger partial charge in [0, 0.05) is 19.3 Å². The highest BCUT2D eigenvalue weighted by atomic mass is 16.4. The molecule has 2 radical (unpaired) electrons. The normalized spacial score (nSPS) is 12.8. The van der Waals surface area contributed by atoms with E-state index < -0.39 is 0 Å².